The number of hydrogen-bond acceptors (Lipinski definition) is 8. The molecule has 0 saturated carbocycles. The number of thiocarbonyl (C=S) groups is 1. The molecule has 38 heavy (non-hydrogen) atoms. The fraction of sp³-hybridized carbons (Fsp3) is 0.370. The quantitative estimate of drug-likeness (QED) is 0.345. The molecule has 0 aliphatic carbocycles. The van der Waals surface area contributed by atoms with E-state index >= 15 is 0 Å². The Hall–Kier alpha value is -3.67. The number of hydrogen-bond donors (Lipinski definition) is 2. The Kier molecular flexibility index (Phi) is 8.06. The van der Waals surface area contributed by atoms with Gasteiger partial charge in [-0.2, -0.15) is 0 Å². The Morgan fingerprint density at radius 2 is 1.84 bits per heavy atom. The summed E-state index contributed by atoms with van der Waals surface area (Å²) in [5, 5.41) is 4.43. The SMILES string of the molecule is COC(=O)c1ccccc1NC(=S)N(CCN1CCOCC1)Cc1cc2cc3c(cc2[nH]c1=O)OCCO3. The van der Waals surface area contributed by atoms with Crippen LogP contribution in [0, 0.1) is 0 Å². The van der Waals surface area contributed by atoms with Crippen molar-refractivity contribution in [3.63, 3.8) is 0 Å². The van der Waals surface area contributed by atoms with Gasteiger partial charge in [-0.25, -0.2) is 4.79 Å². The lowest BCUT2D eigenvalue weighted by atomic mass is 10.1. The number of aromatic amines is 1. The smallest absolute Gasteiger partial charge is 0.339 e. The van der Waals surface area contributed by atoms with E-state index in [1.807, 2.05) is 23.1 Å². The number of benzene rings is 2. The van der Waals surface area contributed by atoms with Crippen molar-refractivity contribution in [3.8, 4) is 11.5 Å². The second-order valence-corrected chi connectivity index (χ2v) is 9.44. The molecule has 0 radical (unpaired) electrons. The molecule has 3 heterocycles. The molecule has 2 aliphatic rings. The summed E-state index contributed by atoms with van der Waals surface area (Å²) in [7, 11) is 1.34. The predicted octanol–water partition coefficient (Wildman–Crippen LogP) is 2.62. The number of nitrogens with one attached hydrogen (secondary N) is 2. The maximum Gasteiger partial charge on any atom is 0.339 e. The van der Waals surface area contributed by atoms with Gasteiger partial charge >= 0.3 is 5.97 Å². The van der Waals surface area contributed by atoms with Gasteiger partial charge in [0.05, 0.1) is 43.6 Å². The normalized spacial score (nSPS) is 15.2. The lowest BCUT2D eigenvalue weighted by Crippen LogP contribution is -2.44. The molecule has 2 N–H and O–H groups in total. The van der Waals surface area contributed by atoms with Crippen LogP contribution in [0.1, 0.15) is 15.9 Å². The molecule has 0 unspecified atom stereocenters. The third kappa shape index (κ3) is 5.90. The van der Waals surface area contributed by atoms with E-state index in [1.165, 1.54) is 7.11 Å². The number of carbonyl (C=O) groups excluding carboxylic acids is 1. The zero-order valence-corrected chi connectivity index (χ0v) is 22.0. The monoisotopic (exact) mass is 538 g/mol. The molecular formula is C27H30N4O6S. The minimum absolute atomic E-state index is 0.205. The van der Waals surface area contributed by atoms with E-state index in [-0.39, 0.29) is 12.1 Å². The van der Waals surface area contributed by atoms with Gasteiger partial charge in [-0.3, -0.25) is 9.69 Å². The number of carbonyl (C=O) groups is 1. The maximum atomic E-state index is 13.1. The zero-order valence-electron chi connectivity index (χ0n) is 21.2. The number of pyridine rings is 1. The molecule has 1 saturated heterocycles. The Morgan fingerprint density at radius 1 is 1.11 bits per heavy atom. The minimum atomic E-state index is -0.462. The van der Waals surface area contributed by atoms with Crippen LogP contribution in [0.5, 0.6) is 11.5 Å². The van der Waals surface area contributed by atoms with Crippen LogP contribution in [-0.2, 0) is 16.0 Å². The average Bonchev–Trinajstić information content (AvgIpc) is 2.94. The molecule has 10 nitrogen and oxygen atoms in total. The highest BCUT2D eigenvalue weighted by atomic mass is 32.1. The van der Waals surface area contributed by atoms with E-state index in [4.69, 9.17) is 31.2 Å². The van der Waals surface area contributed by atoms with Gasteiger partial charge in [0.25, 0.3) is 5.56 Å². The van der Waals surface area contributed by atoms with Crippen molar-refractivity contribution in [2.24, 2.45) is 0 Å². The van der Waals surface area contributed by atoms with Gasteiger partial charge in [0.1, 0.15) is 13.2 Å². The van der Waals surface area contributed by atoms with Gasteiger partial charge in [0.15, 0.2) is 16.6 Å². The largest absolute Gasteiger partial charge is 0.486 e. The molecule has 1 fully saturated rings. The Balaban J connectivity index is 1.41. The first kappa shape index (κ1) is 26.0. The lowest BCUT2D eigenvalue weighted by molar-refractivity contribution is 0.0358. The van der Waals surface area contributed by atoms with Crippen LogP contribution < -0.4 is 20.3 Å². The summed E-state index contributed by atoms with van der Waals surface area (Å²) in [4.78, 5) is 32.6. The van der Waals surface area contributed by atoms with Crippen molar-refractivity contribution < 1.29 is 23.7 Å². The lowest BCUT2D eigenvalue weighted by Gasteiger charge is -2.31. The number of para-hydroxylation sites is 1. The first-order valence-electron chi connectivity index (χ1n) is 12.5. The van der Waals surface area contributed by atoms with E-state index in [0.29, 0.717) is 71.9 Å². The van der Waals surface area contributed by atoms with E-state index < -0.39 is 5.97 Å². The summed E-state index contributed by atoms with van der Waals surface area (Å²) in [6, 6.07) is 12.6. The summed E-state index contributed by atoms with van der Waals surface area (Å²) in [5.74, 6) is 0.813. The minimum Gasteiger partial charge on any atom is -0.486 e. The molecular weight excluding hydrogens is 508 g/mol. The summed E-state index contributed by atoms with van der Waals surface area (Å²) in [6.07, 6.45) is 0. The molecule has 3 aromatic rings. The fourth-order valence-electron chi connectivity index (χ4n) is 4.52. The Bertz CT molecular complexity index is 1390. The maximum absolute atomic E-state index is 13.1. The highest BCUT2D eigenvalue weighted by molar-refractivity contribution is 7.80. The van der Waals surface area contributed by atoms with Crippen molar-refractivity contribution in [1.29, 1.82) is 0 Å². The third-order valence-electron chi connectivity index (χ3n) is 6.60. The molecule has 0 bridgehead atoms. The number of fused-ring (bicyclic) bond motifs is 2. The molecule has 5 rings (SSSR count). The molecule has 2 aliphatic heterocycles. The number of esters is 1. The van der Waals surface area contributed by atoms with Gasteiger partial charge < -0.3 is 34.1 Å². The molecule has 0 spiro atoms. The second kappa shape index (κ2) is 11.8. The van der Waals surface area contributed by atoms with Gasteiger partial charge in [-0.15, -0.1) is 0 Å². The van der Waals surface area contributed by atoms with Crippen LogP contribution in [0.3, 0.4) is 0 Å². The molecule has 200 valence electrons. The van der Waals surface area contributed by atoms with Crippen LogP contribution >= 0.6 is 12.2 Å². The molecule has 11 heteroatoms. The van der Waals surface area contributed by atoms with Crippen LogP contribution in [0.4, 0.5) is 5.69 Å². The van der Waals surface area contributed by atoms with Crippen molar-refractivity contribution in [1.82, 2.24) is 14.8 Å². The van der Waals surface area contributed by atoms with E-state index in [0.717, 1.165) is 25.0 Å². The van der Waals surface area contributed by atoms with Crippen molar-refractivity contribution in [2.45, 2.75) is 6.54 Å². The van der Waals surface area contributed by atoms with Crippen LogP contribution in [-0.4, -0.2) is 85.6 Å². The third-order valence-corrected chi connectivity index (χ3v) is 6.96. The zero-order chi connectivity index (χ0) is 26.5. The van der Waals surface area contributed by atoms with Gasteiger partial charge in [0, 0.05) is 43.2 Å². The van der Waals surface area contributed by atoms with Crippen LogP contribution in [0.2, 0.25) is 0 Å². The van der Waals surface area contributed by atoms with E-state index in [9.17, 15) is 9.59 Å². The van der Waals surface area contributed by atoms with Crippen molar-refractivity contribution >= 4 is 39.9 Å². The molecule has 1 aromatic heterocycles. The molecule has 2 aromatic carbocycles. The van der Waals surface area contributed by atoms with Crippen LogP contribution in [0.25, 0.3) is 10.9 Å². The number of nitrogens with zero attached hydrogens (tertiary/aromatic N) is 2. The molecule has 0 atom stereocenters. The summed E-state index contributed by atoms with van der Waals surface area (Å²) in [6.45, 7) is 5.60. The Labute approximate surface area is 225 Å². The number of morpholine rings is 1. The summed E-state index contributed by atoms with van der Waals surface area (Å²) in [5.41, 5.74) is 1.94. The number of H-pyrrole nitrogens is 1. The number of ether oxygens (including phenoxy) is 4. The first-order valence-corrected chi connectivity index (χ1v) is 12.9. The summed E-state index contributed by atoms with van der Waals surface area (Å²) < 4.78 is 21.8. The first-order chi connectivity index (χ1) is 18.5. The highest BCUT2D eigenvalue weighted by Gasteiger charge is 2.20. The van der Waals surface area contributed by atoms with Crippen LogP contribution in [0.15, 0.2) is 47.3 Å². The standard InChI is InChI=1S/C27H30N4O6S/c1-34-26(33)20-4-2-3-5-21(20)29-27(38)31(7-6-30-8-10-35-11-9-30)17-19-14-18-15-23-24(37-13-12-36-23)16-22(18)28-25(19)32/h2-5,14-16H,6-13,17H2,1H3,(H,28,32)(H,29,38). The Morgan fingerprint density at radius 3 is 2.61 bits per heavy atom. The average molecular weight is 539 g/mol. The van der Waals surface area contributed by atoms with Gasteiger partial charge in [0.2, 0.25) is 0 Å². The number of methoxy groups -OCH3 is 1. The highest BCUT2D eigenvalue weighted by Crippen LogP contribution is 2.33. The van der Waals surface area contributed by atoms with Crippen molar-refractivity contribution in [3.05, 3.63) is 63.9 Å². The second-order valence-electron chi connectivity index (χ2n) is 9.05. The predicted molar refractivity (Wildman–Crippen MR) is 147 cm³/mol. The van der Waals surface area contributed by atoms with Gasteiger partial charge in [-0.05, 0) is 36.5 Å². The van der Waals surface area contributed by atoms with Crippen molar-refractivity contribution in [2.75, 3.05) is 65.0 Å². The number of rotatable bonds is 7. The topological polar surface area (TPSA) is 105 Å². The fourth-order valence-corrected chi connectivity index (χ4v) is 4.79. The number of aromatic nitrogens is 1. The number of anilines is 1. The van der Waals surface area contributed by atoms with E-state index in [1.54, 1.807) is 24.3 Å². The van der Waals surface area contributed by atoms with E-state index in [2.05, 4.69) is 15.2 Å². The molecule has 0 amide bonds. The summed E-state index contributed by atoms with van der Waals surface area (Å²) >= 11 is 5.80. The van der Waals surface area contributed by atoms with Gasteiger partial charge in [-0.1, -0.05) is 12.1 Å².